The van der Waals surface area contributed by atoms with Crippen LogP contribution in [0.25, 0.3) is 0 Å². The average Bonchev–Trinajstić information content (AvgIpc) is 1.87. The van der Waals surface area contributed by atoms with Gasteiger partial charge in [0.1, 0.15) is 4.11 Å². The zero-order chi connectivity index (χ0) is 7.82. The van der Waals surface area contributed by atoms with E-state index in [1.807, 2.05) is 0 Å². The first-order valence-corrected chi connectivity index (χ1v) is 5.34. The standard InChI is InChI=1S/C8H17IO/c1-2-3-4-5-6-7-8(9)10/h8,10H,2-7H2,1H3. The van der Waals surface area contributed by atoms with Gasteiger partial charge in [0.05, 0.1) is 0 Å². The molecule has 62 valence electrons. The van der Waals surface area contributed by atoms with Gasteiger partial charge in [0.2, 0.25) is 0 Å². The van der Waals surface area contributed by atoms with Gasteiger partial charge in [-0.15, -0.1) is 0 Å². The molecular weight excluding hydrogens is 239 g/mol. The summed E-state index contributed by atoms with van der Waals surface area (Å²) in [6.07, 6.45) is 7.41. The minimum Gasteiger partial charge on any atom is -0.383 e. The number of aliphatic hydroxyl groups excluding tert-OH is 1. The second-order valence-corrected chi connectivity index (χ2v) is 4.08. The first kappa shape index (κ1) is 10.7. The molecule has 0 radical (unpaired) electrons. The van der Waals surface area contributed by atoms with E-state index >= 15 is 0 Å². The first-order valence-electron chi connectivity index (χ1n) is 4.09. The molecule has 0 aliphatic carbocycles. The maximum Gasteiger partial charge on any atom is 0.105 e. The Kier molecular flexibility index (Phi) is 8.33. The molecule has 2 heteroatoms. The minimum absolute atomic E-state index is 0.126. The molecule has 1 atom stereocenters. The molecule has 0 aromatic carbocycles. The molecule has 0 aromatic heterocycles. The number of unbranched alkanes of at least 4 members (excludes halogenated alkanes) is 4. The summed E-state index contributed by atoms with van der Waals surface area (Å²) in [6.45, 7) is 2.22. The number of hydrogen-bond donors (Lipinski definition) is 1. The molecule has 1 nitrogen and oxygen atoms in total. The van der Waals surface area contributed by atoms with Crippen LogP contribution in [0, 0.1) is 0 Å². The smallest absolute Gasteiger partial charge is 0.105 e. The zero-order valence-corrected chi connectivity index (χ0v) is 8.80. The van der Waals surface area contributed by atoms with Crippen LogP contribution in [0.15, 0.2) is 0 Å². The molecule has 1 N–H and O–H groups in total. The van der Waals surface area contributed by atoms with E-state index in [2.05, 4.69) is 29.5 Å². The van der Waals surface area contributed by atoms with E-state index in [-0.39, 0.29) is 4.11 Å². The third kappa shape index (κ3) is 8.69. The van der Waals surface area contributed by atoms with Crippen molar-refractivity contribution in [2.24, 2.45) is 0 Å². The predicted molar refractivity (Wildman–Crippen MR) is 53.4 cm³/mol. The van der Waals surface area contributed by atoms with Crippen molar-refractivity contribution in [3.05, 3.63) is 0 Å². The van der Waals surface area contributed by atoms with Crippen LogP contribution in [0.2, 0.25) is 0 Å². The van der Waals surface area contributed by atoms with Crippen molar-refractivity contribution < 1.29 is 5.11 Å². The third-order valence-corrected chi connectivity index (χ3v) is 2.17. The van der Waals surface area contributed by atoms with E-state index in [4.69, 9.17) is 5.11 Å². The van der Waals surface area contributed by atoms with Crippen LogP contribution in [0.1, 0.15) is 45.4 Å². The minimum atomic E-state index is -0.126. The Morgan fingerprint density at radius 1 is 1.20 bits per heavy atom. The van der Waals surface area contributed by atoms with Gasteiger partial charge in [-0.2, -0.15) is 0 Å². The van der Waals surface area contributed by atoms with Crippen LogP contribution in [0.3, 0.4) is 0 Å². The molecule has 0 aliphatic heterocycles. The molecule has 0 spiro atoms. The third-order valence-electron chi connectivity index (χ3n) is 1.55. The van der Waals surface area contributed by atoms with Gasteiger partial charge in [-0.25, -0.2) is 0 Å². The van der Waals surface area contributed by atoms with Gasteiger partial charge < -0.3 is 5.11 Å². The summed E-state index contributed by atoms with van der Waals surface area (Å²) in [5.74, 6) is 0. The van der Waals surface area contributed by atoms with Crippen molar-refractivity contribution >= 4 is 22.6 Å². The van der Waals surface area contributed by atoms with Gasteiger partial charge in [-0.3, -0.25) is 0 Å². The molecule has 0 heterocycles. The lowest BCUT2D eigenvalue weighted by atomic mass is 10.1. The Labute approximate surface area is 77.3 Å². The van der Waals surface area contributed by atoms with Gasteiger partial charge in [-0.1, -0.05) is 61.6 Å². The van der Waals surface area contributed by atoms with Gasteiger partial charge in [-0.05, 0) is 6.42 Å². The fraction of sp³-hybridized carbons (Fsp3) is 1.00. The molecule has 0 bridgehead atoms. The molecule has 0 aromatic rings. The van der Waals surface area contributed by atoms with Gasteiger partial charge >= 0.3 is 0 Å². The van der Waals surface area contributed by atoms with Crippen molar-refractivity contribution in [1.29, 1.82) is 0 Å². The lowest BCUT2D eigenvalue weighted by molar-refractivity contribution is 0.263. The highest BCUT2D eigenvalue weighted by Gasteiger charge is 1.95. The summed E-state index contributed by atoms with van der Waals surface area (Å²) < 4.78 is -0.126. The number of aliphatic hydroxyl groups is 1. The van der Waals surface area contributed by atoms with Crippen LogP contribution < -0.4 is 0 Å². The summed E-state index contributed by atoms with van der Waals surface area (Å²) >= 11 is 2.06. The van der Waals surface area contributed by atoms with Crippen LogP contribution in [0.5, 0.6) is 0 Å². The summed E-state index contributed by atoms with van der Waals surface area (Å²) in [6, 6.07) is 0. The highest BCUT2D eigenvalue weighted by atomic mass is 127. The summed E-state index contributed by atoms with van der Waals surface area (Å²) in [5.41, 5.74) is 0. The monoisotopic (exact) mass is 256 g/mol. The van der Waals surface area contributed by atoms with Crippen molar-refractivity contribution in [1.82, 2.24) is 0 Å². The number of halogens is 1. The highest BCUT2D eigenvalue weighted by Crippen LogP contribution is 2.10. The van der Waals surface area contributed by atoms with Crippen molar-refractivity contribution in [2.45, 2.75) is 49.6 Å². The van der Waals surface area contributed by atoms with E-state index in [0.29, 0.717) is 0 Å². The molecule has 10 heavy (non-hydrogen) atoms. The SMILES string of the molecule is CCCCCCCC(O)I. The highest BCUT2D eigenvalue weighted by molar-refractivity contribution is 14.1. The van der Waals surface area contributed by atoms with Gasteiger partial charge in [0.15, 0.2) is 0 Å². The van der Waals surface area contributed by atoms with E-state index in [9.17, 15) is 0 Å². The lowest BCUT2D eigenvalue weighted by Crippen LogP contribution is -1.93. The molecule has 0 amide bonds. The van der Waals surface area contributed by atoms with Gasteiger partial charge in [0, 0.05) is 0 Å². The van der Waals surface area contributed by atoms with Crippen LogP contribution in [-0.4, -0.2) is 9.22 Å². The normalized spacial score (nSPS) is 13.5. The van der Waals surface area contributed by atoms with E-state index in [1.54, 1.807) is 0 Å². The molecule has 0 fully saturated rings. The molecule has 0 aliphatic rings. The second-order valence-electron chi connectivity index (χ2n) is 2.64. The first-order chi connectivity index (χ1) is 4.77. The van der Waals surface area contributed by atoms with Crippen LogP contribution >= 0.6 is 22.6 Å². The van der Waals surface area contributed by atoms with Crippen LogP contribution in [0.4, 0.5) is 0 Å². The number of rotatable bonds is 6. The topological polar surface area (TPSA) is 20.2 Å². The summed E-state index contributed by atoms with van der Waals surface area (Å²) in [5, 5.41) is 8.90. The van der Waals surface area contributed by atoms with Gasteiger partial charge in [0.25, 0.3) is 0 Å². The average molecular weight is 256 g/mol. The lowest BCUT2D eigenvalue weighted by Gasteiger charge is -2.00. The maximum atomic E-state index is 8.90. The van der Waals surface area contributed by atoms with Crippen molar-refractivity contribution in [2.75, 3.05) is 0 Å². The summed E-state index contributed by atoms with van der Waals surface area (Å²) in [4.78, 5) is 0. The predicted octanol–water partition coefficient (Wildman–Crippen LogP) is 3.10. The number of alkyl halides is 1. The molecular formula is C8H17IO. The number of hydrogen-bond acceptors (Lipinski definition) is 1. The Bertz CT molecular complexity index is 64.3. The Morgan fingerprint density at radius 3 is 2.30 bits per heavy atom. The molecule has 0 saturated carbocycles. The summed E-state index contributed by atoms with van der Waals surface area (Å²) in [7, 11) is 0. The fourth-order valence-electron chi connectivity index (χ4n) is 0.916. The fourth-order valence-corrected chi connectivity index (χ4v) is 1.36. The molecule has 1 unspecified atom stereocenters. The zero-order valence-electron chi connectivity index (χ0n) is 6.65. The quantitative estimate of drug-likeness (QED) is 0.440. The molecule has 0 saturated heterocycles. The Morgan fingerprint density at radius 2 is 1.80 bits per heavy atom. The maximum absolute atomic E-state index is 8.90. The largest absolute Gasteiger partial charge is 0.383 e. The van der Waals surface area contributed by atoms with Crippen LogP contribution in [-0.2, 0) is 0 Å². The Balaban J connectivity index is 2.77. The molecule has 0 rings (SSSR count). The van der Waals surface area contributed by atoms with E-state index in [1.165, 1.54) is 32.1 Å². The second kappa shape index (κ2) is 7.79. The van der Waals surface area contributed by atoms with Crippen molar-refractivity contribution in [3.8, 4) is 0 Å². The van der Waals surface area contributed by atoms with Crippen molar-refractivity contribution in [3.63, 3.8) is 0 Å². The Hall–Kier alpha value is 0.690. The van der Waals surface area contributed by atoms with E-state index < -0.39 is 0 Å². The van der Waals surface area contributed by atoms with E-state index in [0.717, 1.165) is 6.42 Å².